The SMILES string of the molecule is COCCC(C)(C)CNC(=O)c1ccc(Br)cc1N. The fourth-order valence-corrected chi connectivity index (χ4v) is 2.00. The molecule has 1 aromatic rings. The van der Waals surface area contributed by atoms with Gasteiger partial charge in [-0.25, -0.2) is 0 Å². The molecule has 0 aliphatic heterocycles. The zero-order chi connectivity index (χ0) is 14.5. The lowest BCUT2D eigenvalue weighted by atomic mass is 9.89. The van der Waals surface area contributed by atoms with E-state index in [-0.39, 0.29) is 11.3 Å². The topological polar surface area (TPSA) is 64.3 Å². The van der Waals surface area contributed by atoms with Crippen LogP contribution in [-0.4, -0.2) is 26.2 Å². The van der Waals surface area contributed by atoms with Crippen LogP contribution in [0.3, 0.4) is 0 Å². The molecule has 1 amide bonds. The Morgan fingerprint density at radius 2 is 2.16 bits per heavy atom. The largest absolute Gasteiger partial charge is 0.398 e. The van der Waals surface area contributed by atoms with Crippen LogP contribution in [0.1, 0.15) is 30.6 Å². The summed E-state index contributed by atoms with van der Waals surface area (Å²) in [5.41, 5.74) is 6.81. The van der Waals surface area contributed by atoms with Gasteiger partial charge in [0.25, 0.3) is 5.91 Å². The highest BCUT2D eigenvalue weighted by atomic mass is 79.9. The minimum atomic E-state index is -0.143. The average Bonchev–Trinajstić information content (AvgIpc) is 2.34. The molecule has 4 nitrogen and oxygen atoms in total. The number of benzene rings is 1. The second-order valence-electron chi connectivity index (χ2n) is 5.32. The third-order valence-corrected chi connectivity index (χ3v) is 3.46. The van der Waals surface area contributed by atoms with Crippen LogP contribution in [0.15, 0.2) is 22.7 Å². The first kappa shape index (κ1) is 16.0. The van der Waals surface area contributed by atoms with Crippen molar-refractivity contribution in [3.8, 4) is 0 Å². The van der Waals surface area contributed by atoms with Gasteiger partial charge in [-0.15, -0.1) is 0 Å². The highest BCUT2D eigenvalue weighted by Crippen LogP contribution is 2.21. The molecule has 0 unspecified atom stereocenters. The predicted octanol–water partition coefficient (Wildman–Crippen LogP) is 2.82. The van der Waals surface area contributed by atoms with E-state index in [0.29, 0.717) is 24.4 Å². The van der Waals surface area contributed by atoms with E-state index in [4.69, 9.17) is 10.5 Å². The Balaban J connectivity index is 2.60. The maximum Gasteiger partial charge on any atom is 0.253 e. The molecule has 0 atom stereocenters. The van der Waals surface area contributed by atoms with Crippen LogP contribution >= 0.6 is 15.9 Å². The number of hydrogen-bond acceptors (Lipinski definition) is 3. The molecule has 0 aliphatic carbocycles. The summed E-state index contributed by atoms with van der Waals surface area (Å²) in [6, 6.07) is 5.25. The van der Waals surface area contributed by atoms with Crippen LogP contribution in [-0.2, 0) is 4.74 Å². The lowest BCUT2D eigenvalue weighted by Crippen LogP contribution is -2.35. The van der Waals surface area contributed by atoms with Gasteiger partial charge >= 0.3 is 0 Å². The van der Waals surface area contributed by atoms with Crippen molar-refractivity contribution < 1.29 is 9.53 Å². The van der Waals surface area contributed by atoms with Gasteiger partial charge in [0.1, 0.15) is 0 Å². The minimum absolute atomic E-state index is 0.00417. The molecule has 0 bridgehead atoms. The fourth-order valence-electron chi connectivity index (χ4n) is 1.62. The second kappa shape index (κ2) is 6.91. The smallest absolute Gasteiger partial charge is 0.253 e. The summed E-state index contributed by atoms with van der Waals surface area (Å²) in [5, 5.41) is 2.92. The Kier molecular flexibility index (Phi) is 5.82. The first-order valence-electron chi connectivity index (χ1n) is 6.18. The van der Waals surface area contributed by atoms with Gasteiger partial charge < -0.3 is 15.8 Å². The number of halogens is 1. The number of nitrogens with one attached hydrogen (secondary N) is 1. The molecule has 0 heterocycles. The lowest BCUT2D eigenvalue weighted by Gasteiger charge is -2.24. The predicted molar refractivity (Wildman–Crippen MR) is 81.2 cm³/mol. The van der Waals surface area contributed by atoms with Gasteiger partial charge in [0, 0.05) is 30.4 Å². The van der Waals surface area contributed by atoms with E-state index in [0.717, 1.165) is 10.9 Å². The molecule has 0 spiro atoms. The molecule has 1 rings (SSSR count). The Morgan fingerprint density at radius 3 is 2.74 bits per heavy atom. The van der Waals surface area contributed by atoms with Crippen molar-refractivity contribution in [1.82, 2.24) is 5.32 Å². The minimum Gasteiger partial charge on any atom is -0.398 e. The zero-order valence-corrected chi connectivity index (χ0v) is 13.2. The zero-order valence-electron chi connectivity index (χ0n) is 11.6. The highest BCUT2D eigenvalue weighted by Gasteiger charge is 2.19. The van der Waals surface area contributed by atoms with E-state index in [1.165, 1.54) is 0 Å². The molecule has 0 saturated carbocycles. The van der Waals surface area contributed by atoms with Crippen molar-refractivity contribution in [2.75, 3.05) is 26.0 Å². The molecule has 0 aliphatic rings. The standard InChI is InChI=1S/C14H21BrN2O2/c1-14(2,6-7-19-3)9-17-13(18)11-5-4-10(15)8-12(11)16/h4-5,8H,6-7,9,16H2,1-3H3,(H,17,18). The maximum atomic E-state index is 12.1. The summed E-state index contributed by atoms with van der Waals surface area (Å²) in [4.78, 5) is 12.1. The number of hydrogen-bond donors (Lipinski definition) is 2. The van der Waals surface area contributed by atoms with Crippen molar-refractivity contribution in [2.24, 2.45) is 5.41 Å². The number of carbonyl (C=O) groups is 1. The molecule has 3 N–H and O–H groups in total. The summed E-state index contributed by atoms with van der Waals surface area (Å²) >= 11 is 3.32. The molecule has 1 aromatic carbocycles. The summed E-state index contributed by atoms with van der Waals surface area (Å²) in [7, 11) is 1.68. The number of rotatable bonds is 6. The summed E-state index contributed by atoms with van der Waals surface area (Å²) in [6.45, 7) is 5.46. The van der Waals surface area contributed by atoms with E-state index in [1.54, 1.807) is 25.3 Å². The number of anilines is 1. The van der Waals surface area contributed by atoms with E-state index >= 15 is 0 Å². The summed E-state index contributed by atoms with van der Waals surface area (Å²) < 4.78 is 5.93. The monoisotopic (exact) mass is 328 g/mol. The molecule has 0 fully saturated rings. The van der Waals surface area contributed by atoms with Gasteiger partial charge in [0.05, 0.1) is 5.56 Å². The van der Waals surface area contributed by atoms with Gasteiger partial charge in [0.2, 0.25) is 0 Å². The number of nitrogens with two attached hydrogens (primary N) is 1. The second-order valence-corrected chi connectivity index (χ2v) is 6.24. The normalized spacial score (nSPS) is 11.4. The third kappa shape index (κ3) is 5.20. The van der Waals surface area contributed by atoms with Gasteiger partial charge in [-0.2, -0.15) is 0 Å². The lowest BCUT2D eigenvalue weighted by molar-refractivity contribution is 0.0922. The van der Waals surface area contributed by atoms with Crippen molar-refractivity contribution in [3.63, 3.8) is 0 Å². The molecule has 5 heteroatoms. The van der Waals surface area contributed by atoms with Crippen molar-refractivity contribution in [2.45, 2.75) is 20.3 Å². The first-order chi connectivity index (χ1) is 8.85. The van der Waals surface area contributed by atoms with Crippen LogP contribution in [0.2, 0.25) is 0 Å². The molecule has 0 radical (unpaired) electrons. The van der Waals surface area contributed by atoms with E-state index < -0.39 is 0 Å². The quantitative estimate of drug-likeness (QED) is 0.789. The van der Waals surface area contributed by atoms with Crippen LogP contribution in [0.25, 0.3) is 0 Å². The fraction of sp³-hybridized carbons (Fsp3) is 0.500. The maximum absolute atomic E-state index is 12.1. The van der Waals surface area contributed by atoms with E-state index in [9.17, 15) is 4.79 Å². The molecular formula is C14H21BrN2O2. The Labute approximate surface area is 122 Å². The number of methoxy groups -OCH3 is 1. The summed E-state index contributed by atoms with van der Waals surface area (Å²) in [5.74, 6) is -0.143. The van der Waals surface area contributed by atoms with Crippen molar-refractivity contribution in [1.29, 1.82) is 0 Å². The highest BCUT2D eigenvalue weighted by molar-refractivity contribution is 9.10. The van der Waals surface area contributed by atoms with Gasteiger partial charge in [-0.1, -0.05) is 29.8 Å². The van der Waals surface area contributed by atoms with Crippen LogP contribution in [0.4, 0.5) is 5.69 Å². The van der Waals surface area contributed by atoms with Gasteiger partial charge in [0.15, 0.2) is 0 Å². The Morgan fingerprint density at radius 1 is 1.47 bits per heavy atom. The van der Waals surface area contributed by atoms with E-state index in [1.807, 2.05) is 0 Å². The Bertz CT molecular complexity index is 447. The van der Waals surface area contributed by atoms with Gasteiger partial charge in [-0.3, -0.25) is 4.79 Å². The average molecular weight is 329 g/mol. The number of nitrogen functional groups attached to an aromatic ring is 1. The van der Waals surface area contributed by atoms with E-state index in [2.05, 4.69) is 35.1 Å². The first-order valence-corrected chi connectivity index (χ1v) is 6.97. The molecular weight excluding hydrogens is 308 g/mol. The van der Waals surface area contributed by atoms with Crippen molar-refractivity contribution >= 4 is 27.5 Å². The number of ether oxygens (including phenoxy) is 1. The summed E-state index contributed by atoms with van der Waals surface area (Å²) in [6.07, 6.45) is 0.888. The van der Waals surface area contributed by atoms with Crippen LogP contribution in [0.5, 0.6) is 0 Å². The molecule has 0 aromatic heterocycles. The molecule has 0 saturated heterocycles. The number of carbonyl (C=O) groups excluding carboxylic acids is 1. The molecule has 19 heavy (non-hydrogen) atoms. The Hall–Kier alpha value is -1.07. The number of amides is 1. The third-order valence-electron chi connectivity index (χ3n) is 2.97. The van der Waals surface area contributed by atoms with Crippen LogP contribution in [0, 0.1) is 5.41 Å². The molecule has 106 valence electrons. The van der Waals surface area contributed by atoms with Gasteiger partial charge in [-0.05, 0) is 30.0 Å². The van der Waals surface area contributed by atoms with Crippen LogP contribution < -0.4 is 11.1 Å². The van der Waals surface area contributed by atoms with Crippen molar-refractivity contribution in [3.05, 3.63) is 28.2 Å².